The van der Waals surface area contributed by atoms with Gasteiger partial charge in [-0.1, -0.05) is 5.21 Å². The number of ether oxygens (including phenoxy) is 1. The van der Waals surface area contributed by atoms with Crippen LogP contribution in [0.15, 0.2) is 36.9 Å². The van der Waals surface area contributed by atoms with E-state index in [1.807, 2.05) is 23.3 Å². The Morgan fingerprint density at radius 3 is 2.69 bits per heavy atom. The third-order valence-corrected chi connectivity index (χ3v) is 7.93. The summed E-state index contributed by atoms with van der Waals surface area (Å²) in [6.45, 7) is 4.38. The molecule has 0 amide bonds. The molecule has 35 heavy (non-hydrogen) atoms. The second kappa shape index (κ2) is 8.64. The molecule has 2 aliphatic carbocycles. The SMILES string of the molecule is c1cc(C2(n3cc(-c4cncc(C5CC5)n4)nn3)COC2)ncc1N1CCCC(NCC2CC2)C1. The summed E-state index contributed by atoms with van der Waals surface area (Å²) in [4.78, 5) is 16.5. The monoisotopic (exact) mass is 472 g/mol. The highest BCUT2D eigenvalue weighted by Crippen LogP contribution is 2.39. The number of nitrogens with one attached hydrogen (secondary N) is 1. The van der Waals surface area contributed by atoms with E-state index < -0.39 is 5.54 Å². The molecule has 9 nitrogen and oxygen atoms in total. The predicted octanol–water partition coefficient (Wildman–Crippen LogP) is 2.75. The quantitative estimate of drug-likeness (QED) is 0.535. The van der Waals surface area contributed by atoms with Crippen molar-refractivity contribution in [2.24, 2.45) is 5.92 Å². The number of hydrogen-bond donors (Lipinski definition) is 1. The van der Waals surface area contributed by atoms with Crippen LogP contribution in [-0.2, 0) is 10.3 Å². The van der Waals surface area contributed by atoms with Gasteiger partial charge in [0.05, 0.1) is 48.9 Å². The number of aromatic nitrogens is 6. The number of hydrogen-bond acceptors (Lipinski definition) is 8. The van der Waals surface area contributed by atoms with Gasteiger partial charge in [0, 0.05) is 31.2 Å². The zero-order valence-electron chi connectivity index (χ0n) is 20.0. The molecule has 0 bridgehead atoms. The summed E-state index contributed by atoms with van der Waals surface area (Å²) in [7, 11) is 0. The first-order chi connectivity index (χ1) is 17.3. The Bertz CT molecular complexity index is 1180. The molecular weight excluding hydrogens is 440 g/mol. The van der Waals surface area contributed by atoms with E-state index in [0.717, 1.165) is 41.8 Å². The largest absolute Gasteiger partial charge is 0.375 e. The van der Waals surface area contributed by atoms with Crippen molar-refractivity contribution in [3.8, 4) is 11.4 Å². The Balaban J connectivity index is 1.08. The molecule has 3 aromatic rings. The second-order valence-electron chi connectivity index (χ2n) is 10.7. The van der Waals surface area contributed by atoms with Crippen LogP contribution in [0.3, 0.4) is 0 Å². The van der Waals surface area contributed by atoms with Gasteiger partial charge in [-0.2, -0.15) is 0 Å². The molecule has 2 saturated carbocycles. The molecule has 3 aromatic heterocycles. The summed E-state index contributed by atoms with van der Waals surface area (Å²) < 4.78 is 7.56. The van der Waals surface area contributed by atoms with Gasteiger partial charge in [0.15, 0.2) is 5.54 Å². The third-order valence-electron chi connectivity index (χ3n) is 7.93. The van der Waals surface area contributed by atoms with Gasteiger partial charge in [-0.25, -0.2) is 9.67 Å². The van der Waals surface area contributed by atoms with E-state index in [-0.39, 0.29) is 0 Å². The van der Waals surface area contributed by atoms with Crippen molar-refractivity contribution in [3.63, 3.8) is 0 Å². The number of anilines is 1. The van der Waals surface area contributed by atoms with Crippen LogP contribution in [0.5, 0.6) is 0 Å². The lowest BCUT2D eigenvalue weighted by Gasteiger charge is -2.40. The van der Waals surface area contributed by atoms with Gasteiger partial charge < -0.3 is 15.0 Å². The topological polar surface area (TPSA) is 93.9 Å². The van der Waals surface area contributed by atoms with Gasteiger partial charge in [-0.15, -0.1) is 5.10 Å². The van der Waals surface area contributed by atoms with Crippen LogP contribution in [0.25, 0.3) is 11.4 Å². The smallest absolute Gasteiger partial charge is 0.152 e. The lowest BCUT2D eigenvalue weighted by Crippen LogP contribution is -2.53. The first-order valence-corrected chi connectivity index (χ1v) is 13.0. The van der Waals surface area contributed by atoms with Crippen LogP contribution in [0.1, 0.15) is 55.8 Å². The van der Waals surface area contributed by atoms with E-state index in [0.29, 0.717) is 25.2 Å². The average molecular weight is 473 g/mol. The van der Waals surface area contributed by atoms with Gasteiger partial charge in [0.25, 0.3) is 0 Å². The summed E-state index contributed by atoms with van der Waals surface area (Å²) in [6, 6.07) is 4.91. The van der Waals surface area contributed by atoms with Crippen molar-refractivity contribution in [2.45, 2.75) is 56.0 Å². The fourth-order valence-corrected chi connectivity index (χ4v) is 5.25. The molecule has 1 unspecified atom stereocenters. The van der Waals surface area contributed by atoms with E-state index in [1.165, 1.54) is 50.8 Å². The normalized spacial score (nSPS) is 23.8. The van der Waals surface area contributed by atoms with Crippen molar-refractivity contribution >= 4 is 5.69 Å². The van der Waals surface area contributed by atoms with Crippen molar-refractivity contribution in [1.29, 1.82) is 0 Å². The van der Waals surface area contributed by atoms with Crippen molar-refractivity contribution in [1.82, 2.24) is 35.3 Å². The molecule has 182 valence electrons. The zero-order chi connectivity index (χ0) is 23.2. The maximum atomic E-state index is 5.66. The highest BCUT2D eigenvalue weighted by molar-refractivity contribution is 5.51. The van der Waals surface area contributed by atoms with Crippen molar-refractivity contribution < 1.29 is 4.74 Å². The Hall–Kier alpha value is -2.91. The molecule has 2 aliphatic heterocycles. The van der Waals surface area contributed by atoms with Crippen molar-refractivity contribution in [2.75, 3.05) is 37.7 Å². The van der Waals surface area contributed by atoms with E-state index >= 15 is 0 Å². The molecule has 4 fully saturated rings. The molecule has 1 atom stereocenters. The highest BCUT2D eigenvalue weighted by Gasteiger charge is 2.45. The van der Waals surface area contributed by atoms with Crippen LogP contribution in [-0.4, -0.2) is 68.8 Å². The average Bonchev–Trinajstić information content (AvgIpc) is 3.82. The highest BCUT2D eigenvalue weighted by atomic mass is 16.5. The molecule has 5 heterocycles. The van der Waals surface area contributed by atoms with Gasteiger partial charge in [0.1, 0.15) is 11.4 Å². The molecule has 0 spiro atoms. The first-order valence-electron chi connectivity index (χ1n) is 13.0. The van der Waals surface area contributed by atoms with Crippen molar-refractivity contribution in [3.05, 3.63) is 48.3 Å². The van der Waals surface area contributed by atoms with E-state index in [4.69, 9.17) is 14.7 Å². The van der Waals surface area contributed by atoms with E-state index in [2.05, 4.69) is 37.6 Å². The number of nitrogens with zero attached hydrogens (tertiary/aromatic N) is 7. The summed E-state index contributed by atoms with van der Waals surface area (Å²) in [5.74, 6) is 1.47. The number of rotatable bonds is 8. The van der Waals surface area contributed by atoms with Gasteiger partial charge >= 0.3 is 0 Å². The predicted molar refractivity (Wildman–Crippen MR) is 131 cm³/mol. The standard InChI is InChI=1S/C26H32N8O/c1-2-20(28-10-18-3-4-18)14-33(9-1)21-7-8-25(29-11-21)26(16-35-17-26)34-15-24(31-32-34)23-13-27-12-22(30-23)19-5-6-19/h7-8,11-13,15,18-20,28H,1-6,9-10,14,16-17H2. The fourth-order valence-electron chi connectivity index (χ4n) is 5.25. The Morgan fingerprint density at radius 1 is 1.03 bits per heavy atom. The van der Waals surface area contributed by atoms with Crippen LogP contribution < -0.4 is 10.2 Å². The molecule has 2 saturated heterocycles. The summed E-state index contributed by atoms with van der Waals surface area (Å²) in [5, 5.41) is 12.7. The Labute approximate surface area is 205 Å². The van der Waals surface area contributed by atoms with Gasteiger partial charge in [-0.05, 0) is 63.1 Å². The number of piperidine rings is 1. The maximum absolute atomic E-state index is 5.66. The minimum atomic E-state index is -0.429. The van der Waals surface area contributed by atoms with E-state index in [1.54, 1.807) is 6.20 Å². The molecule has 0 aromatic carbocycles. The maximum Gasteiger partial charge on any atom is 0.152 e. The minimum absolute atomic E-state index is 0.429. The van der Waals surface area contributed by atoms with Crippen LogP contribution in [0, 0.1) is 5.92 Å². The lowest BCUT2D eigenvalue weighted by atomic mass is 9.92. The third kappa shape index (κ3) is 4.21. The fraction of sp³-hybridized carbons (Fsp3) is 0.577. The molecular formula is C26H32N8O. The van der Waals surface area contributed by atoms with Crippen LogP contribution in [0.2, 0.25) is 0 Å². The van der Waals surface area contributed by atoms with Gasteiger partial charge in [-0.3, -0.25) is 9.97 Å². The van der Waals surface area contributed by atoms with Gasteiger partial charge in [0.2, 0.25) is 0 Å². The van der Waals surface area contributed by atoms with E-state index in [9.17, 15) is 0 Å². The Kier molecular flexibility index (Phi) is 5.28. The summed E-state index contributed by atoms with van der Waals surface area (Å²) >= 11 is 0. The zero-order valence-corrected chi connectivity index (χ0v) is 20.0. The second-order valence-corrected chi connectivity index (χ2v) is 10.7. The number of pyridine rings is 1. The first kappa shape index (κ1) is 21.4. The summed E-state index contributed by atoms with van der Waals surface area (Å²) in [5.41, 5.74) is 4.28. The Morgan fingerprint density at radius 2 is 1.94 bits per heavy atom. The molecule has 7 rings (SSSR count). The molecule has 4 aliphatic rings. The molecule has 9 heteroatoms. The summed E-state index contributed by atoms with van der Waals surface area (Å²) in [6.07, 6.45) is 15.3. The molecule has 1 N–H and O–H groups in total. The van der Waals surface area contributed by atoms with Crippen LogP contribution in [0.4, 0.5) is 5.69 Å². The van der Waals surface area contributed by atoms with Crippen LogP contribution >= 0.6 is 0 Å². The minimum Gasteiger partial charge on any atom is -0.375 e. The molecule has 0 radical (unpaired) electrons. The lowest BCUT2D eigenvalue weighted by molar-refractivity contribution is -0.0851.